The van der Waals surface area contributed by atoms with Gasteiger partial charge in [-0.2, -0.15) is 0 Å². The van der Waals surface area contributed by atoms with Crippen molar-refractivity contribution in [3.8, 4) is 22.6 Å². The number of nitrogens with one attached hydrogen (secondary N) is 2. The summed E-state index contributed by atoms with van der Waals surface area (Å²) in [6.07, 6.45) is 0.504. The van der Waals surface area contributed by atoms with Crippen LogP contribution in [0.3, 0.4) is 0 Å². The van der Waals surface area contributed by atoms with E-state index in [1.807, 2.05) is 66.7 Å². The molecular weight excluding hydrogens is 416 g/mol. The zero-order valence-electron chi connectivity index (χ0n) is 17.5. The van der Waals surface area contributed by atoms with Gasteiger partial charge in [-0.3, -0.25) is 14.8 Å². The van der Waals surface area contributed by atoms with E-state index in [0.717, 1.165) is 16.7 Å². The summed E-state index contributed by atoms with van der Waals surface area (Å²) in [7, 11) is 0. The van der Waals surface area contributed by atoms with Crippen molar-refractivity contribution < 1.29 is 19.5 Å². The minimum absolute atomic E-state index is 0.225. The molecule has 162 valence electrons. The Morgan fingerprint density at radius 3 is 2.42 bits per heavy atom. The third-order valence-corrected chi connectivity index (χ3v) is 5.61. The maximum absolute atomic E-state index is 12.8. The highest BCUT2D eigenvalue weighted by Crippen LogP contribution is 2.38. The summed E-state index contributed by atoms with van der Waals surface area (Å²) in [6, 6.07) is 27.7. The summed E-state index contributed by atoms with van der Waals surface area (Å²) in [6.45, 7) is 0. The minimum atomic E-state index is -0.576. The monoisotopic (exact) mass is 436 g/mol. The molecule has 5 rings (SSSR count). The number of carbonyl (C=O) groups excluding carboxylic acids is 2. The number of hydrogen-bond donors (Lipinski definition) is 3. The van der Waals surface area contributed by atoms with Crippen molar-refractivity contribution in [1.82, 2.24) is 5.48 Å². The molecule has 0 radical (unpaired) electrons. The molecule has 6 nitrogen and oxygen atoms in total. The molecule has 1 aliphatic rings. The lowest BCUT2D eigenvalue weighted by molar-refractivity contribution is 0.0707. The SMILES string of the molecule is O=C1Nc2c(Cc3ccc(C(=O)NO)c(-c4ccccc4)c3)cccc2Oc2ccccc21. The standard InChI is InChI=1S/C27H20N2O4/c30-26-21-10-4-5-11-23(21)33-24-12-6-9-19(25(24)28-26)15-17-13-14-20(27(31)29-32)22(16-17)18-7-2-1-3-8-18/h1-14,16,32H,15H2,(H,28,30)(H,29,31). The predicted octanol–water partition coefficient (Wildman–Crippen LogP) is 5.42. The topological polar surface area (TPSA) is 87.7 Å². The molecule has 3 N–H and O–H groups in total. The number of anilines is 1. The van der Waals surface area contributed by atoms with Crippen molar-refractivity contribution in [1.29, 1.82) is 0 Å². The molecule has 4 aromatic carbocycles. The largest absolute Gasteiger partial charge is 0.454 e. The number of ether oxygens (including phenoxy) is 1. The first-order valence-electron chi connectivity index (χ1n) is 10.5. The van der Waals surface area contributed by atoms with E-state index < -0.39 is 5.91 Å². The van der Waals surface area contributed by atoms with E-state index in [2.05, 4.69) is 5.32 Å². The number of benzene rings is 4. The number of para-hydroxylation sites is 2. The molecule has 0 saturated heterocycles. The van der Waals surface area contributed by atoms with Gasteiger partial charge in [0.25, 0.3) is 11.8 Å². The van der Waals surface area contributed by atoms with Gasteiger partial charge in [0.2, 0.25) is 0 Å². The molecule has 0 fully saturated rings. The van der Waals surface area contributed by atoms with Gasteiger partial charge in [0, 0.05) is 5.56 Å². The van der Waals surface area contributed by atoms with Crippen molar-refractivity contribution in [2.75, 3.05) is 5.32 Å². The average Bonchev–Trinajstić information content (AvgIpc) is 3.00. The Bertz CT molecular complexity index is 1370. The first-order valence-corrected chi connectivity index (χ1v) is 10.5. The molecule has 6 heteroatoms. The van der Waals surface area contributed by atoms with Gasteiger partial charge >= 0.3 is 0 Å². The fourth-order valence-corrected chi connectivity index (χ4v) is 4.03. The van der Waals surface area contributed by atoms with E-state index in [1.54, 1.807) is 29.7 Å². The van der Waals surface area contributed by atoms with E-state index in [1.165, 1.54) is 0 Å². The second-order valence-corrected chi connectivity index (χ2v) is 7.71. The van der Waals surface area contributed by atoms with Gasteiger partial charge in [-0.05, 0) is 52.9 Å². The van der Waals surface area contributed by atoms with Crippen molar-refractivity contribution in [2.45, 2.75) is 6.42 Å². The fraction of sp³-hybridized carbons (Fsp3) is 0.0370. The highest BCUT2D eigenvalue weighted by atomic mass is 16.5. The van der Waals surface area contributed by atoms with Gasteiger partial charge in [-0.15, -0.1) is 0 Å². The third kappa shape index (κ3) is 3.95. The van der Waals surface area contributed by atoms with E-state index in [-0.39, 0.29) is 5.91 Å². The number of hydroxylamine groups is 1. The summed E-state index contributed by atoms with van der Waals surface area (Å²) in [5.74, 6) is 0.283. The van der Waals surface area contributed by atoms with Crippen LogP contribution in [0, 0.1) is 0 Å². The highest BCUT2D eigenvalue weighted by Gasteiger charge is 2.22. The zero-order chi connectivity index (χ0) is 22.8. The number of rotatable bonds is 4. The van der Waals surface area contributed by atoms with Crippen LogP contribution in [0.15, 0.2) is 91.0 Å². The molecular formula is C27H20N2O4. The van der Waals surface area contributed by atoms with Crippen LogP contribution in [-0.2, 0) is 6.42 Å². The van der Waals surface area contributed by atoms with E-state index in [9.17, 15) is 9.59 Å². The van der Waals surface area contributed by atoms with Crippen molar-refractivity contribution in [3.05, 3.63) is 113 Å². The van der Waals surface area contributed by atoms with Crippen LogP contribution in [-0.4, -0.2) is 17.0 Å². The molecule has 0 aliphatic carbocycles. The lowest BCUT2D eigenvalue weighted by Crippen LogP contribution is -2.19. The van der Waals surface area contributed by atoms with Crippen LogP contribution in [0.1, 0.15) is 31.8 Å². The normalized spacial score (nSPS) is 12.0. The number of hydrogen-bond acceptors (Lipinski definition) is 4. The van der Waals surface area contributed by atoms with Crippen LogP contribution in [0.2, 0.25) is 0 Å². The van der Waals surface area contributed by atoms with Crippen LogP contribution < -0.4 is 15.5 Å². The van der Waals surface area contributed by atoms with E-state index in [0.29, 0.717) is 40.3 Å². The summed E-state index contributed by atoms with van der Waals surface area (Å²) >= 11 is 0. The Morgan fingerprint density at radius 2 is 1.61 bits per heavy atom. The van der Waals surface area contributed by atoms with Crippen molar-refractivity contribution in [3.63, 3.8) is 0 Å². The molecule has 33 heavy (non-hydrogen) atoms. The first-order chi connectivity index (χ1) is 16.1. The van der Waals surface area contributed by atoms with Gasteiger partial charge in [-0.25, -0.2) is 5.48 Å². The third-order valence-electron chi connectivity index (χ3n) is 5.61. The molecule has 0 spiro atoms. The first kappa shape index (κ1) is 20.5. The lowest BCUT2D eigenvalue weighted by atomic mass is 9.94. The molecule has 2 amide bonds. The Labute approximate surface area is 190 Å². The molecule has 0 atom stereocenters. The van der Waals surface area contributed by atoms with Gasteiger partial charge < -0.3 is 10.1 Å². The van der Waals surface area contributed by atoms with Gasteiger partial charge in [-0.1, -0.05) is 66.7 Å². The lowest BCUT2D eigenvalue weighted by Gasteiger charge is -2.15. The van der Waals surface area contributed by atoms with Crippen LogP contribution in [0.4, 0.5) is 5.69 Å². The Hall–Kier alpha value is -4.42. The highest BCUT2D eigenvalue weighted by molar-refractivity contribution is 6.08. The predicted molar refractivity (Wildman–Crippen MR) is 125 cm³/mol. The number of fused-ring (bicyclic) bond motifs is 2. The molecule has 4 aromatic rings. The van der Waals surface area contributed by atoms with Gasteiger partial charge in [0.1, 0.15) is 5.75 Å². The van der Waals surface area contributed by atoms with E-state index in [4.69, 9.17) is 9.94 Å². The smallest absolute Gasteiger partial charge is 0.275 e. The van der Waals surface area contributed by atoms with E-state index >= 15 is 0 Å². The Morgan fingerprint density at radius 1 is 0.848 bits per heavy atom. The fourth-order valence-electron chi connectivity index (χ4n) is 4.03. The van der Waals surface area contributed by atoms with Crippen LogP contribution in [0.25, 0.3) is 11.1 Å². The minimum Gasteiger partial charge on any atom is -0.454 e. The van der Waals surface area contributed by atoms with Crippen molar-refractivity contribution >= 4 is 17.5 Å². The summed E-state index contributed by atoms with van der Waals surface area (Å²) in [5.41, 5.74) is 6.57. The number of carbonyl (C=O) groups is 2. The molecule has 1 heterocycles. The maximum Gasteiger partial charge on any atom is 0.275 e. The van der Waals surface area contributed by atoms with Gasteiger partial charge in [0.15, 0.2) is 5.75 Å². The molecule has 0 bridgehead atoms. The second-order valence-electron chi connectivity index (χ2n) is 7.71. The zero-order valence-corrected chi connectivity index (χ0v) is 17.5. The molecule has 0 unspecified atom stereocenters. The Kier molecular flexibility index (Phi) is 5.34. The van der Waals surface area contributed by atoms with Crippen LogP contribution in [0.5, 0.6) is 11.5 Å². The molecule has 0 saturated carbocycles. The number of amides is 2. The van der Waals surface area contributed by atoms with Crippen molar-refractivity contribution in [2.24, 2.45) is 0 Å². The summed E-state index contributed by atoms with van der Waals surface area (Å²) in [4.78, 5) is 25.0. The quantitative estimate of drug-likeness (QED) is 0.294. The van der Waals surface area contributed by atoms with Crippen LogP contribution >= 0.6 is 0 Å². The van der Waals surface area contributed by atoms with Gasteiger partial charge in [0.05, 0.1) is 11.3 Å². The molecule has 1 aliphatic heterocycles. The summed E-state index contributed by atoms with van der Waals surface area (Å²) < 4.78 is 6.05. The molecule has 0 aromatic heterocycles. The summed E-state index contributed by atoms with van der Waals surface area (Å²) in [5, 5.41) is 12.2. The average molecular weight is 436 g/mol. The second kappa shape index (κ2) is 8.61. The Balaban J connectivity index is 1.54. The maximum atomic E-state index is 12.8.